The molecule has 0 unspecified atom stereocenters. The molecule has 0 spiro atoms. The van der Waals surface area contributed by atoms with Crippen LogP contribution in [-0.4, -0.2) is 52.2 Å². The highest BCUT2D eigenvalue weighted by atomic mass is 32.1. The highest BCUT2D eigenvalue weighted by Crippen LogP contribution is 2.40. The van der Waals surface area contributed by atoms with Gasteiger partial charge in [-0.3, -0.25) is 10.2 Å². The number of likely N-dealkylation sites (N-methyl/N-ethyl adjacent to an activating group) is 1. The standard InChI is InChI=1S/C32H46N4O3S/c1-9-35-19-16-23(21(2)20-35)27(22(3)36-17-12-13-18-36)32(7,8)34-30(38)33-28-26(29(37)39-31(4,5)6)24-14-10-11-15-25(24)40-28/h12-13,17-18H,9-11,14-16,19-20H2,1-8H3,(H2,33,34,38)/b27-22-. The number of fused-ring (bicyclic) bond motifs is 1. The van der Waals surface area contributed by atoms with Gasteiger partial charge in [-0.1, -0.05) is 12.5 Å². The third-order valence-electron chi connectivity index (χ3n) is 7.81. The number of allylic oxidation sites excluding steroid dienone is 1. The summed E-state index contributed by atoms with van der Waals surface area (Å²) in [5, 5.41) is 6.91. The van der Waals surface area contributed by atoms with E-state index in [1.807, 2.05) is 45.3 Å². The van der Waals surface area contributed by atoms with Gasteiger partial charge in [0, 0.05) is 36.1 Å². The number of urea groups is 1. The van der Waals surface area contributed by atoms with Gasteiger partial charge in [0.15, 0.2) is 0 Å². The first-order chi connectivity index (χ1) is 18.8. The Morgan fingerprint density at radius 1 is 1.05 bits per heavy atom. The maximum atomic E-state index is 13.7. The second-order valence-corrected chi connectivity index (χ2v) is 13.7. The van der Waals surface area contributed by atoms with E-state index in [9.17, 15) is 9.59 Å². The molecule has 1 aliphatic carbocycles. The molecule has 0 atom stereocenters. The zero-order valence-electron chi connectivity index (χ0n) is 25.5. The molecule has 2 aromatic heterocycles. The van der Waals surface area contributed by atoms with Crippen molar-refractivity contribution >= 4 is 34.0 Å². The van der Waals surface area contributed by atoms with Crippen molar-refractivity contribution in [2.75, 3.05) is 25.0 Å². The molecule has 2 amide bonds. The number of hydrogen-bond acceptors (Lipinski definition) is 5. The molecule has 1 aliphatic heterocycles. The zero-order chi connectivity index (χ0) is 29.2. The van der Waals surface area contributed by atoms with Crippen LogP contribution in [0.4, 0.5) is 9.80 Å². The van der Waals surface area contributed by atoms with E-state index in [-0.39, 0.29) is 12.0 Å². The van der Waals surface area contributed by atoms with Gasteiger partial charge < -0.3 is 14.6 Å². The van der Waals surface area contributed by atoms with Gasteiger partial charge in [-0.2, -0.15) is 0 Å². The third-order valence-corrected chi connectivity index (χ3v) is 9.02. The molecule has 8 heteroatoms. The predicted octanol–water partition coefficient (Wildman–Crippen LogP) is 7.26. The maximum Gasteiger partial charge on any atom is 0.341 e. The van der Waals surface area contributed by atoms with Crippen molar-refractivity contribution in [1.29, 1.82) is 0 Å². The molecule has 218 valence electrons. The van der Waals surface area contributed by atoms with Crippen molar-refractivity contribution in [2.24, 2.45) is 0 Å². The lowest BCUT2D eigenvalue weighted by Gasteiger charge is -2.37. The van der Waals surface area contributed by atoms with E-state index in [2.05, 4.69) is 54.7 Å². The number of thiophene rings is 1. The van der Waals surface area contributed by atoms with Gasteiger partial charge in [0.05, 0.1) is 11.1 Å². The number of aryl methyl sites for hydroxylation is 1. The molecule has 0 fully saturated rings. The normalized spacial score (nSPS) is 17.3. The number of anilines is 1. The van der Waals surface area contributed by atoms with E-state index >= 15 is 0 Å². The van der Waals surface area contributed by atoms with Crippen LogP contribution in [0.1, 0.15) is 95.5 Å². The Kier molecular flexibility index (Phi) is 9.00. The smallest absolute Gasteiger partial charge is 0.341 e. The minimum atomic E-state index is -0.674. The quantitative estimate of drug-likeness (QED) is 0.346. The first-order valence-corrected chi connectivity index (χ1v) is 15.4. The van der Waals surface area contributed by atoms with E-state index in [4.69, 9.17) is 4.74 Å². The summed E-state index contributed by atoms with van der Waals surface area (Å²) in [6.07, 6.45) is 8.92. The summed E-state index contributed by atoms with van der Waals surface area (Å²) >= 11 is 1.51. The van der Waals surface area contributed by atoms with Gasteiger partial charge in [0.2, 0.25) is 0 Å². The molecule has 3 heterocycles. The Labute approximate surface area is 243 Å². The van der Waals surface area contributed by atoms with E-state index < -0.39 is 11.1 Å². The number of aromatic nitrogens is 1. The molecule has 2 aromatic rings. The van der Waals surface area contributed by atoms with Crippen molar-refractivity contribution < 1.29 is 14.3 Å². The summed E-state index contributed by atoms with van der Waals surface area (Å²) in [5.74, 6) is -0.367. The van der Waals surface area contributed by atoms with Crippen LogP contribution in [0.15, 0.2) is 41.2 Å². The van der Waals surface area contributed by atoms with Crippen LogP contribution >= 0.6 is 11.3 Å². The largest absolute Gasteiger partial charge is 0.456 e. The van der Waals surface area contributed by atoms with E-state index in [0.29, 0.717) is 10.6 Å². The van der Waals surface area contributed by atoms with Crippen LogP contribution in [-0.2, 0) is 17.6 Å². The summed E-state index contributed by atoms with van der Waals surface area (Å²) in [6, 6.07) is 3.72. The number of nitrogens with one attached hydrogen (secondary N) is 2. The summed E-state index contributed by atoms with van der Waals surface area (Å²) in [7, 11) is 0. The fraction of sp³-hybridized carbons (Fsp3) is 0.562. The summed E-state index contributed by atoms with van der Waals surface area (Å²) in [6.45, 7) is 19.2. The molecular weight excluding hydrogens is 520 g/mol. The molecule has 0 aromatic carbocycles. The fourth-order valence-corrected chi connectivity index (χ4v) is 7.29. The average Bonchev–Trinajstić information content (AvgIpc) is 3.51. The summed E-state index contributed by atoms with van der Waals surface area (Å²) in [4.78, 5) is 30.6. The Morgan fingerprint density at radius 2 is 1.73 bits per heavy atom. The van der Waals surface area contributed by atoms with Gasteiger partial charge >= 0.3 is 12.0 Å². The summed E-state index contributed by atoms with van der Waals surface area (Å²) in [5.41, 5.74) is 5.13. The number of esters is 1. The number of rotatable bonds is 7. The minimum absolute atomic E-state index is 0.324. The number of carbonyl (C=O) groups is 2. The van der Waals surface area contributed by atoms with Crippen molar-refractivity contribution in [3.8, 4) is 0 Å². The van der Waals surface area contributed by atoms with Crippen molar-refractivity contribution in [3.05, 3.63) is 57.2 Å². The first kappa shape index (κ1) is 30.1. The molecule has 0 saturated carbocycles. The molecule has 7 nitrogen and oxygen atoms in total. The molecule has 40 heavy (non-hydrogen) atoms. The first-order valence-electron chi connectivity index (χ1n) is 14.5. The van der Waals surface area contributed by atoms with Crippen LogP contribution < -0.4 is 10.6 Å². The fourth-order valence-electron chi connectivity index (χ4n) is 6.02. The third kappa shape index (κ3) is 6.72. The number of carbonyl (C=O) groups excluding carboxylic acids is 2. The molecule has 0 bridgehead atoms. The Balaban J connectivity index is 1.66. The zero-order valence-corrected chi connectivity index (χ0v) is 26.3. The number of hydrogen-bond donors (Lipinski definition) is 2. The van der Waals surface area contributed by atoms with Crippen molar-refractivity contribution in [2.45, 2.75) is 98.6 Å². The van der Waals surface area contributed by atoms with Gasteiger partial charge in [0.25, 0.3) is 0 Å². The van der Waals surface area contributed by atoms with Crippen molar-refractivity contribution in [3.63, 3.8) is 0 Å². The molecule has 0 radical (unpaired) electrons. The molecule has 4 rings (SSSR count). The van der Waals surface area contributed by atoms with E-state index in [1.165, 1.54) is 27.4 Å². The second kappa shape index (κ2) is 12.0. The predicted molar refractivity (Wildman–Crippen MR) is 165 cm³/mol. The lowest BCUT2D eigenvalue weighted by molar-refractivity contribution is 0.00699. The van der Waals surface area contributed by atoms with Crippen LogP contribution in [0.3, 0.4) is 0 Å². The highest BCUT2D eigenvalue weighted by molar-refractivity contribution is 7.17. The van der Waals surface area contributed by atoms with Crippen LogP contribution in [0.5, 0.6) is 0 Å². The second-order valence-electron chi connectivity index (χ2n) is 12.5. The van der Waals surface area contributed by atoms with Crippen molar-refractivity contribution in [1.82, 2.24) is 14.8 Å². The van der Waals surface area contributed by atoms with Gasteiger partial charge in [-0.25, -0.2) is 9.59 Å². The number of nitrogens with zero attached hydrogens (tertiary/aromatic N) is 2. The average molecular weight is 567 g/mol. The molecular formula is C32H46N4O3S. The minimum Gasteiger partial charge on any atom is -0.456 e. The summed E-state index contributed by atoms with van der Waals surface area (Å²) < 4.78 is 7.89. The molecule has 2 aliphatic rings. The van der Waals surface area contributed by atoms with E-state index in [1.54, 1.807) is 0 Å². The van der Waals surface area contributed by atoms with Crippen LogP contribution in [0.2, 0.25) is 0 Å². The van der Waals surface area contributed by atoms with E-state index in [0.717, 1.165) is 68.6 Å². The number of amides is 2. The Bertz CT molecular complexity index is 1310. The number of ether oxygens (including phenoxy) is 1. The van der Waals surface area contributed by atoms with Crippen LogP contribution in [0.25, 0.3) is 5.70 Å². The lowest BCUT2D eigenvalue weighted by atomic mass is 9.81. The monoisotopic (exact) mass is 566 g/mol. The maximum absolute atomic E-state index is 13.7. The van der Waals surface area contributed by atoms with Gasteiger partial charge in [0.1, 0.15) is 10.6 Å². The molecule has 0 saturated heterocycles. The Morgan fingerprint density at radius 3 is 2.35 bits per heavy atom. The lowest BCUT2D eigenvalue weighted by Crippen LogP contribution is -2.48. The highest BCUT2D eigenvalue weighted by Gasteiger charge is 2.34. The van der Waals surface area contributed by atoms with Gasteiger partial charge in [-0.05, 0) is 116 Å². The Hall–Kier alpha value is -2.84. The van der Waals surface area contributed by atoms with Gasteiger partial charge in [-0.15, -0.1) is 11.3 Å². The van der Waals surface area contributed by atoms with Crippen LogP contribution in [0, 0.1) is 0 Å². The SMILES string of the molecule is CCN1CCC(/C(=C(\C)n2cccc2)C(C)(C)NC(=O)Nc2sc3c(c2C(=O)OC(C)(C)C)CCCC3)=C(C)C1. The topological polar surface area (TPSA) is 75.6 Å². The molecule has 2 N–H and O–H groups in total.